The van der Waals surface area contributed by atoms with Crippen molar-refractivity contribution >= 4 is 21.5 Å². The number of ether oxygens (including phenoxy) is 2. The Labute approximate surface area is 131 Å². The van der Waals surface area contributed by atoms with Crippen molar-refractivity contribution < 1.29 is 29.9 Å². The van der Waals surface area contributed by atoms with Crippen LogP contribution in [0, 0.1) is 6.92 Å². The van der Waals surface area contributed by atoms with Crippen molar-refractivity contribution in [2.75, 3.05) is 14.2 Å². The maximum Gasteiger partial charge on any atom is 0.172 e. The summed E-state index contributed by atoms with van der Waals surface area (Å²) in [6, 6.07) is 4.38. The Morgan fingerprint density at radius 2 is 1.39 bits per heavy atom. The average Bonchev–Trinajstić information content (AvgIpc) is 2.54. The summed E-state index contributed by atoms with van der Waals surface area (Å²) >= 11 is 0. The third-order valence-corrected chi connectivity index (χ3v) is 4.03. The molecule has 0 unspecified atom stereocenters. The van der Waals surface area contributed by atoms with Gasteiger partial charge in [0, 0.05) is 21.7 Å². The van der Waals surface area contributed by atoms with Crippen molar-refractivity contribution in [1.82, 2.24) is 0 Å². The molecule has 3 aromatic rings. The molecule has 23 heavy (non-hydrogen) atoms. The second kappa shape index (κ2) is 5.01. The minimum atomic E-state index is -0.439. The van der Waals surface area contributed by atoms with Gasteiger partial charge in [0.05, 0.1) is 19.6 Å². The zero-order chi connectivity index (χ0) is 16.9. The first-order valence-electron chi connectivity index (χ1n) is 6.86. The van der Waals surface area contributed by atoms with E-state index in [2.05, 4.69) is 0 Å². The predicted octanol–water partition coefficient (Wildman–Crippen LogP) is 3.14. The van der Waals surface area contributed by atoms with E-state index in [4.69, 9.17) is 9.47 Å². The first kappa shape index (κ1) is 14.9. The van der Waals surface area contributed by atoms with Gasteiger partial charge < -0.3 is 29.9 Å². The molecule has 0 heterocycles. The Morgan fingerprint density at radius 1 is 0.739 bits per heavy atom. The lowest BCUT2D eigenvalue weighted by Crippen LogP contribution is -1.93. The first-order valence-corrected chi connectivity index (χ1v) is 6.86. The van der Waals surface area contributed by atoms with Crippen molar-refractivity contribution in [3.05, 3.63) is 23.8 Å². The van der Waals surface area contributed by atoms with E-state index >= 15 is 0 Å². The zero-order valence-corrected chi connectivity index (χ0v) is 12.8. The molecule has 0 aromatic heterocycles. The van der Waals surface area contributed by atoms with Crippen LogP contribution < -0.4 is 9.47 Å². The molecule has 0 radical (unpaired) electrons. The minimum Gasteiger partial charge on any atom is -0.508 e. The van der Waals surface area contributed by atoms with Crippen LogP contribution in [0.5, 0.6) is 34.5 Å². The highest BCUT2D eigenvalue weighted by Crippen LogP contribution is 2.52. The molecule has 0 aliphatic carbocycles. The average molecular weight is 316 g/mol. The summed E-state index contributed by atoms with van der Waals surface area (Å²) in [5.41, 5.74) is 0.499. The van der Waals surface area contributed by atoms with E-state index in [0.29, 0.717) is 22.1 Å². The van der Waals surface area contributed by atoms with Crippen molar-refractivity contribution in [2.24, 2.45) is 0 Å². The fraction of sp³-hybridized carbons (Fsp3) is 0.176. The molecular formula is C17H16O6. The van der Waals surface area contributed by atoms with E-state index in [-0.39, 0.29) is 28.0 Å². The molecule has 0 aliphatic rings. The molecule has 3 rings (SSSR count). The van der Waals surface area contributed by atoms with Crippen LogP contribution in [0.1, 0.15) is 5.56 Å². The third kappa shape index (κ3) is 1.88. The van der Waals surface area contributed by atoms with Crippen molar-refractivity contribution in [2.45, 2.75) is 6.92 Å². The topological polar surface area (TPSA) is 99.4 Å². The molecule has 0 saturated carbocycles. The van der Waals surface area contributed by atoms with Gasteiger partial charge in [-0.05, 0) is 25.1 Å². The number of aromatic hydroxyl groups is 4. The van der Waals surface area contributed by atoms with Gasteiger partial charge in [-0.15, -0.1) is 0 Å². The van der Waals surface area contributed by atoms with Crippen LogP contribution in [0.3, 0.4) is 0 Å². The normalized spacial score (nSPS) is 11.1. The number of phenols is 4. The molecule has 120 valence electrons. The van der Waals surface area contributed by atoms with E-state index in [9.17, 15) is 20.4 Å². The van der Waals surface area contributed by atoms with E-state index in [1.54, 1.807) is 13.0 Å². The Hall–Kier alpha value is -3.02. The number of fused-ring (bicyclic) bond motifs is 3. The fourth-order valence-corrected chi connectivity index (χ4v) is 2.92. The highest BCUT2D eigenvalue weighted by atomic mass is 16.5. The molecule has 0 amide bonds. The quantitative estimate of drug-likeness (QED) is 0.428. The predicted molar refractivity (Wildman–Crippen MR) is 86.0 cm³/mol. The molecule has 6 heteroatoms. The molecule has 0 saturated heterocycles. The lowest BCUT2D eigenvalue weighted by atomic mass is 9.96. The van der Waals surface area contributed by atoms with Crippen LogP contribution in [-0.2, 0) is 0 Å². The Balaban J connectivity index is 2.71. The molecule has 0 spiro atoms. The lowest BCUT2D eigenvalue weighted by molar-refractivity contribution is 0.373. The highest BCUT2D eigenvalue weighted by molar-refractivity contribution is 6.19. The maximum atomic E-state index is 10.4. The summed E-state index contributed by atoms with van der Waals surface area (Å²) in [5.74, 6) is -0.675. The number of rotatable bonds is 2. The SMILES string of the molecule is COc1c(O)ccc2c1c(O)c(O)c1cc(O)c(C)c(OC)c12. The van der Waals surface area contributed by atoms with Crippen molar-refractivity contribution in [1.29, 1.82) is 0 Å². The number of hydrogen-bond donors (Lipinski definition) is 4. The van der Waals surface area contributed by atoms with E-state index in [0.717, 1.165) is 0 Å². The summed E-state index contributed by atoms with van der Waals surface area (Å²) in [4.78, 5) is 0. The summed E-state index contributed by atoms with van der Waals surface area (Å²) in [6.07, 6.45) is 0. The molecule has 0 fully saturated rings. The number of hydrogen-bond acceptors (Lipinski definition) is 6. The van der Waals surface area contributed by atoms with Gasteiger partial charge in [-0.2, -0.15) is 0 Å². The van der Waals surface area contributed by atoms with E-state index in [1.807, 2.05) is 0 Å². The van der Waals surface area contributed by atoms with Gasteiger partial charge in [0.2, 0.25) is 0 Å². The molecule has 4 N–H and O–H groups in total. The summed E-state index contributed by atoms with van der Waals surface area (Å²) in [7, 11) is 2.81. The smallest absolute Gasteiger partial charge is 0.172 e. The summed E-state index contributed by atoms with van der Waals surface area (Å²) in [5, 5.41) is 42.1. The Kier molecular flexibility index (Phi) is 3.25. The largest absolute Gasteiger partial charge is 0.508 e. The number of phenolic OH excluding ortho intramolecular Hbond substituents is 4. The molecule has 0 bridgehead atoms. The van der Waals surface area contributed by atoms with Gasteiger partial charge in [0.15, 0.2) is 23.0 Å². The van der Waals surface area contributed by atoms with Gasteiger partial charge >= 0.3 is 0 Å². The fourth-order valence-electron chi connectivity index (χ4n) is 2.92. The Bertz CT molecular complexity index is 946. The van der Waals surface area contributed by atoms with Crippen LogP contribution in [0.2, 0.25) is 0 Å². The van der Waals surface area contributed by atoms with Gasteiger partial charge in [0.1, 0.15) is 11.5 Å². The number of methoxy groups -OCH3 is 2. The van der Waals surface area contributed by atoms with E-state index in [1.165, 1.54) is 26.4 Å². The number of benzene rings is 3. The molecule has 3 aromatic carbocycles. The molecule has 0 aliphatic heterocycles. The molecule has 0 atom stereocenters. The maximum absolute atomic E-state index is 10.4. The monoisotopic (exact) mass is 316 g/mol. The van der Waals surface area contributed by atoms with Gasteiger partial charge in [0.25, 0.3) is 0 Å². The highest BCUT2D eigenvalue weighted by Gasteiger charge is 2.23. The van der Waals surface area contributed by atoms with Gasteiger partial charge in [-0.25, -0.2) is 0 Å². The van der Waals surface area contributed by atoms with Crippen LogP contribution >= 0.6 is 0 Å². The third-order valence-electron chi connectivity index (χ3n) is 4.03. The van der Waals surface area contributed by atoms with Crippen LogP contribution in [0.15, 0.2) is 18.2 Å². The standard InChI is InChI=1S/C17H16O6/c1-7-11(19)6-9-12(16(7)22-2)8-4-5-10(18)17(23-3)13(8)15(21)14(9)20/h4-6,18-21H,1-3H3. The van der Waals surface area contributed by atoms with Crippen LogP contribution in [0.25, 0.3) is 21.5 Å². The second-order valence-corrected chi connectivity index (χ2v) is 5.21. The van der Waals surface area contributed by atoms with Gasteiger partial charge in [-0.1, -0.05) is 0 Å². The summed E-state index contributed by atoms with van der Waals surface area (Å²) in [6.45, 7) is 1.68. The van der Waals surface area contributed by atoms with Crippen molar-refractivity contribution in [3.63, 3.8) is 0 Å². The first-order chi connectivity index (χ1) is 10.9. The van der Waals surface area contributed by atoms with Gasteiger partial charge in [-0.3, -0.25) is 0 Å². The minimum absolute atomic E-state index is 0.0463. The molecular weight excluding hydrogens is 300 g/mol. The summed E-state index contributed by atoms with van der Waals surface area (Å²) < 4.78 is 10.5. The van der Waals surface area contributed by atoms with Crippen LogP contribution in [0.4, 0.5) is 0 Å². The van der Waals surface area contributed by atoms with Crippen LogP contribution in [-0.4, -0.2) is 34.6 Å². The zero-order valence-electron chi connectivity index (χ0n) is 12.8. The molecule has 6 nitrogen and oxygen atoms in total. The lowest BCUT2D eigenvalue weighted by Gasteiger charge is -2.17. The van der Waals surface area contributed by atoms with E-state index < -0.39 is 11.5 Å². The second-order valence-electron chi connectivity index (χ2n) is 5.21. The van der Waals surface area contributed by atoms with Crippen molar-refractivity contribution in [3.8, 4) is 34.5 Å². The Morgan fingerprint density at radius 3 is 2.00 bits per heavy atom.